The largest absolute Gasteiger partial charge is 0.408 e. The number of carbonyl (C=O) groups is 2. The summed E-state index contributed by atoms with van der Waals surface area (Å²) in [4.78, 5) is 27.6. The zero-order valence-corrected chi connectivity index (χ0v) is 18.9. The topological polar surface area (TPSA) is 88.3 Å². The Hall–Kier alpha value is -1.12. The van der Waals surface area contributed by atoms with E-state index < -0.39 is 6.04 Å². The first-order valence-electron chi connectivity index (χ1n) is 9.84. The first-order valence-corrected chi connectivity index (χ1v) is 10.8. The van der Waals surface area contributed by atoms with Crippen molar-refractivity contribution in [3.05, 3.63) is 5.89 Å². The van der Waals surface area contributed by atoms with Crippen LogP contribution in [0, 0.1) is 11.8 Å². The van der Waals surface area contributed by atoms with E-state index in [2.05, 4.69) is 20.4 Å². The molecule has 1 aliphatic carbocycles. The van der Waals surface area contributed by atoms with Gasteiger partial charge in [-0.05, 0) is 32.9 Å². The van der Waals surface area contributed by atoms with E-state index in [1.54, 1.807) is 0 Å². The number of halogens is 1. The molecule has 0 spiro atoms. The second-order valence-electron chi connectivity index (χ2n) is 7.81. The molecule has 1 amide bonds. The Morgan fingerprint density at radius 3 is 2.39 bits per heavy atom. The molecule has 1 saturated carbocycles. The predicted octanol–water partition coefficient (Wildman–Crippen LogP) is 3.44. The zero-order chi connectivity index (χ0) is 19.8. The quantitative estimate of drug-likeness (QED) is 0.363. The van der Waals surface area contributed by atoms with Crippen molar-refractivity contribution >= 4 is 35.9 Å². The lowest BCUT2D eigenvalue weighted by Gasteiger charge is -2.22. The van der Waals surface area contributed by atoms with E-state index in [1.807, 2.05) is 27.9 Å². The Morgan fingerprint density at radius 2 is 1.82 bits per heavy atom. The summed E-state index contributed by atoms with van der Waals surface area (Å²) < 4.78 is 5.53. The van der Waals surface area contributed by atoms with E-state index in [9.17, 15) is 9.59 Å². The highest BCUT2D eigenvalue weighted by molar-refractivity contribution is 7.99. The summed E-state index contributed by atoms with van der Waals surface area (Å²) in [6.45, 7) is 4.71. The molecule has 2 rings (SSSR count). The van der Waals surface area contributed by atoms with E-state index in [0.717, 1.165) is 38.0 Å². The number of amides is 1. The predicted molar refractivity (Wildman–Crippen MR) is 113 cm³/mol. The fourth-order valence-corrected chi connectivity index (χ4v) is 4.03. The van der Waals surface area contributed by atoms with Crippen molar-refractivity contribution in [3.8, 4) is 0 Å². The normalized spacial score (nSPS) is 16.5. The van der Waals surface area contributed by atoms with Crippen LogP contribution >= 0.6 is 24.2 Å². The Kier molecular flexibility index (Phi) is 11.1. The minimum Gasteiger partial charge on any atom is -0.408 e. The van der Waals surface area contributed by atoms with Crippen LogP contribution in [-0.2, 0) is 4.79 Å². The molecule has 1 aromatic rings. The Morgan fingerprint density at radius 1 is 1.18 bits per heavy atom. The maximum atomic E-state index is 12.8. The average molecular weight is 433 g/mol. The van der Waals surface area contributed by atoms with Gasteiger partial charge in [-0.25, -0.2) is 0 Å². The summed E-state index contributed by atoms with van der Waals surface area (Å²) in [5.74, 6) is 0.394. The second kappa shape index (κ2) is 12.4. The molecule has 0 saturated heterocycles. The third-order valence-corrected chi connectivity index (χ3v) is 5.65. The fraction of sp³-hybridized carbons (Fsp3) is 0.789. The fourth-order valence-electron chi connectivity index (χ4n) is 3.16. The van der Waals surface area contributed by atoms with Gasteiger partial charge in [0.05, 0.1) is 6.04 Å². The number of hydrogen-bond donors (Lipinski definition) is 1. The number of rotatable bonds is 9. The highest BCUT2D eigenvalue weighted by Crippen LogP contribution is 2.24. The van der Waals surface area contributed by atoms with Gasteiger partial charge in [-0.1, -0.05) is 51.3 Å². The van der Waals surface area contributed by atoms with Crippen LogP contribution in [0.15, 0.2) is 9.64 Å². The second-order valence-corrected chi connectivity index (χ2v) is 8.85. The number of aromatic nitrogens is 2. The molecule has 0 aliphatic heterocycles. The van der Waals surface area contributed by atoms with Gasteiger partial charge >= 0.3 is 0 Å². The van der Waals surface area contributed by atoms with Gasteiger partial charge in [-0.3, -0.25) is 9.59 Å². The minimum atomic E-state index is -0.638. The molecule has 1 aliphatic rings. The molecule has 0 radical (unpaired) electrons. The molecule has 0 bridgehead atoms. The number of nitrogens with zero attached hydrogens (tertiary/aromatic N) is 3. The maximum absolute atomic E-state index is 12.8. The number of nitrogens with one attached hydrogen (secondary N) is 1. The molecule has 28 heavy (non-hydrogen) atoms. The van der Waals surface area contributed by atoms with Gasteiger partial charge in [0, 0.05) is 18.2 Å². The van der Waals surface area contributed by atoms with Gasteiger partial charge in [-0.2, -0.15) is 0 Å². The number of Topliss-reactive ketones (excluding diaryl/α,β-unsaturated/α-hetero) is 1. The lowest BCUT2D eigenvalue weighted by Crippen LogP contribution is -2.46. The van der Waals surface area contributed by atoms with Gasteiger partial charge in [0.15, 0.2) is 0 Å². The van der Waals surface area contributed by atoms with Crippen LogP contribution in [0.4, 0.5) is 0 Å². The van der Waals surface area contributed by atoms with Crippen LogP contribution in [-0.4, -0.2) is 59.2 Å². The summed E-state index contributed by atoms with van der Waals surface area (Å²) in [6, 6.07) is -0.638. The zero-order valence-electron chi connectivity index (χ0n) is 17.3. The van der Waals surface area contributed by atoms with E-state index >= 15 is 0 Å². The third-order valence-electron chi connectivity index (χ3n) is 4.85. The van der Waals surface area contributed by atoms with Crippen LogP contribution in [0.1, 0.15) is 63.1 Å². The molecular formula is C19H33ClN4O3S. The number of thioether (sulfide) groups is 1. The van der Waals surface area contributed by atoms with Crippen molar-refractivity contribution in [3.63, 3.8) is 0 Å². The monoisotopic (exact) mass is 432 g/mol. The molecule has 1 N–H and O–H groups in total. The number of hydrogen-bond acceptors (Lipinski definition) is 7. The Bertz CT molecular complexity index is 616. The number of ketones is 1. The van der Waals surface area contributed by atoms with Crippen molar-refractivity contribution in [2.75, 3.05) is 26.4 Å². The minimum absolute atomic E-state index is 0. The van der Waals surface area contributed by atoms with Gasteiger partial charge in [0.2, 0.25) is 11.7 Å². The molecule has 160 valence electrons. The van der Waals surface area contributed by atoms with E-state index in [1.165, 1.54) is 24.6 Å². The molecule has 1 aromatic heterocycles. The van der Waals surface area contributed by atoms with Gasteiger partial charge in [0.1, 0.15) is 0 Å². The van der Waals surface area contributed by atoms with Crippen molar-refractivity contribution < 1.29 is 14.0 Å². The van der Waals surface area contributed by atoms with Gasteiger partial charge in [-0.15, -0.1) is 22.6 Å². The molecule has 0 unspecified atom stereocenters. The third kappa shape index (κ3) is 7.72. The van der Waals surface area contributed by atoms with Crippen LogP contribution in [0.2, 0.25) is 0 Å². The van der Waals surface area contributed by atoms with Crippen LogP contribution < -0.4 is 5.32 Å². The molecule has 7 nitrogen and oxygen atoms in total. The Balaban J connectivity index is 0.00000392. The summed E-state index contributed by atoms with van der Waals surface area (Å²) in [7, 11) is 3.99. The molecule has 0 aromatic carbocycles. The van der Waals surface area contributed by atoms with E-state index in [-0.39, 0.29) is 41.8 Å². The smallest absolute Gasteiger partial charge is 0.286 e. The lowest BCUT2D eigenvalue weighted by molar-refractivity contribution is -0.126. The molecule has 1 fully saturated rings. The van der Waals surface area contributed by atoms with Crippen molar-refractivity contribution in [1.82, 2.24) is 20.4 Å². The van der Waals surface area contributed by atoms with Crippen LogP contribution in [0.5, 0.6) is 0 Å². The van der Waals surface area contributed by atoms with E-state index in [0.29, 0.717) is 5.22 Å². The van der Waals surface area contributed by atoms with E-state index in [4.69, 9.17) is 4.42 Å². The van der Waals surface area contributed by atoms with Gasteiger partial charge < -0.3 is 14.6 Å². The number of carbonyl (C=O) groups excluding carboxylic acids is 2. The maximum Gasteiger partial charge on any atom is 0.286 e. The highest BCUT2D eigenvalue weighted by Gasteiger charge is 2.31. The standard InChI is InChI=1S/C19H32N4O3S.ClH/c1-13(2)15(20-17(25)14-9-7-5-6-8-10-14)16(24)18-21-22-19(26-18)27-12-11-23(3)4;/h13-15H,5-12H2,1-4H3,(H,20,25);1H/t15-;/m0./s1. The van der Waals surface area contributed by atoms with Crippen LogP contribution in [0.3, 0.4) is 0 Å². The first kappa shape index (κ1) is 24.9. The average Bonchev–Trinajstić information content (AvgIpc) is 2.91. The molecule has 1 heterocycles. The van der Waals surface area contributed by atoms with Crippen molar-refractivity contribution in [2.24, 2.45) is 11.8 Å². The SMILES string of the molecule is CC(C)[C@H](NC(=O)C1CCCCCC1)C(=O)c1nnc(SCCN(C)C)o1.Cl. The highest BCUT2D eigenvalue weighted by atomic mass is 35.5. The summed E-state index contributed by atoms with van der Waals surface area (Å²) >= 11 is 1.42. The molecule has 1 atom stereocenters. The summed E-state index contributed by atoms with van der Waals surface area (Å²) in [6.07, 6.45) is 6.33. The summed E-state index contributed by atoms with van der Waals surface area (Å²) in [5, 5.41) is 11.2. The Labute approximate surface area is 178 Å². The van der Waals surface area contributed by atoms with Crippen LogP contribution in [0.25, 0.3) is 0 Å². The first-order chi connectivity index (χ1) is 12.9. The summed E-state index contributed by atoms with van der Waals surface area (Å²) in [5.41, 5.74) is 0. The molecular weight excluding hydrogens is 400 g/mol. The molecule has 9 heteroatoms. The van der Waals surface area contributed by atoms with Crippen molar-refractivity contribution in [2.45, 2.75) is 63.6 Å². The van der Waals surface area contributed by atoms with Crippen molar-refractivity contribution in [1.29, 1.82) is 0 Å². The lowest BCUT2D eigenvalue weighted by atomic mass is 9.95. The van der Waals surface area contributed by atoms with Gasteiger partial charge in [0.25, 0.3) is 11.1 Å².